The highest BCUT2D eigenvalue weighted by atomic mass is 16.5. The topological polar surface area (TPSA) is 47.7 Å². The number of anilines is 1. The summed E-state index contributed by atoms with van der Waals surface area (Å²) >= 11 is 0. The number of methoxy groups -OCH3 is 2. The van der Waals surface area contributed by atoms with E-state index in [2.05, 4.69) is 11.9 Å². The fourth-order valence-electron chi connectivity index (χ4n) is 2.10. The molecule has 0 heterocycles. The Hall–Kier alpha value is -1.42. The van der Waals surface area contributed by atoms with Gasteiger partial charge in [-0.1, -0.05) is 0 Å². The van der Waals surface area contributed by atoms with E-state index >= 15 is 0 Å². The van der Waals surface area contributed by atoms with E-state index in [1.165, 1.54) is 0 Å². The summed E-state index contributed by atoms with van der Waals surface area (Å²) in [5.41, 5.74) is 7.90. The van der Waals surface area contributed by atoms with Crippen LogP contribution in [0.1, 0.15) is 25.3 Å². The van der Waals surface area contributed by atoms with Crippen molar-refractivity contribution in [1.29, 1.82) is 0 Å². The molecule has 0 aromatic heterocycles. The van der Waals surface area contributed by atoms with E-state index < -0.39 is 0 Å². The molecule has 108 valence electrons. The van der Waals surface area contributed by atoms with Crippen LogP contribution in [0.3, 0.4) is 0 Å². The van der Waals surface area contributed by atoms with Crippen LogP contribution in [-0.2, 0) is 0 Å². The number of hydrogen-bond acceptors (Lipinski definition) is 4. The van der Waals surface area contributed by atoms with Crippen molar-refractivity contribution in [3.8, 4) is 11.5 Å². The van der Waals surface area contributed by atoms with E-state index in [9.17, 15) is 0 Å². The monoisotopic (exact) mass is 266 g/mol. The number of benzene rings is 1. The average molecular weight is 266 g/mol. The summed E-state index contributed by atoms with van der Waals surface area (Å²) in [6.07, 6.45) is 2.09. The van der Waals surface area contributed by atoms with Gasteiger partial charge in [0.25, 0.3) is 0 Å². The number of nitrogens with zero attached hydrogens (tertiary/aromatic N) is 1. The van der Waals surface area contributed by atoms with Gasteiger partial charge >= 0.3 is 0 Å². The largest absolute Gasteiger partial charge is 0.496 e. The molecule has 1 aromatic rings. The highest BCUT2D eigenvalue weighted by Crippen LogP contribution is 2.34. The number of ether oxygens (including phenoxy) is 2. The first-order valence-electron chi connectivity index (χ1n) is 6.69. The molecule has 0 aliphatic heterocycles. The van der Waals surface area contributed by atoms with Crippen molar-refractivity contribution in [3.05, 3.63) is 17.7 Å². The molecule has 0 radical (unpaired) electrons. The molecule has 1 atom stereocenters. The molecule has 0 amide bonds. The van der Waals surface area contributed by atoms with Crippen LogP contribution in [0, 0.1) is 6.92 Å². The fourth-order valence-corrected chi connectivity index (χ4v) is 2.10. The predicted octanol–water partition coefficient (Wildman–Crippen LogP) is 2.58. The minimum absolute atomic E-state index is 0.253. The Balaban J connectivity index is 2.84. The molecule has 0 fully saturated rings. The summed E-state index contributed by atoms with van der Waals surface area (Å²) in [5.74, 6) is 1.76. The van der Waals surface area contributed by atoms with Gasteiger partial charge in [-0.05, 0) is 38.3 Å². The lowest BCUT2D eigenvalue weighted by Crippen LogP contribution is -2.22. The van der Waals surface area contributed by atoms with Crippen LogP contribution in [0.2, 0.25) is 0 Å². The average Bonchev–Trinajstić information content (AvgIpc) is 2.37. The zero-order valence-corrected chi connectivity index (χ0v) is 12.7. The Kier molecular flexibility index (Phi) is 5.96. The molecule has 1 unspecified atom stereocenters. The maximum Gasteiger partial charge on any atom is 0.142 e. The number of rotatable bonds is 7. The lowest BCUT2D eigenvalue weighted by molar-refractivity contribution is 0.400. The van der Waals surface area contributed by atoms with Crippen LogP contribution in [0.15, 0.2) is 12.1 Å². The van der Waals surface area contributed by atoms with Crippen molar-refractivity contribution in [3.63, 3.8) is 0 Å². The Morgan fingerprint density at radius 2 is 1.84 bits per heavy atom. The minimum Gasteiger partial charge on any atom is -0.496 e. The van der Waals surface area contributed by atoms with E-state index in [0.717, 1.165) is 42.1 Å². The van der Waals surface area contributed by atoms with Gasteiger partial charge in [-0.2, -0.15) is 0 Å². The summed E-state index contributed by atoms with van der Waals surface area (Å²) in [6.45, 7) is 5.00. The van der Waals surface area contributed by atoms with Crippen LogP contribution in [0.4, 0.5) is 5.69 Å². The smallest absolute Gasteiger partial charge is 0.142 e. The normalized spacial score (nSPS) is 12.1. The van der Waals surface area contributed by atoms with Gasteiger partial charge < -0.3 is 20.1 Å². The zero-order valence-electron chi connectivity index (χ0n) is 12.7. The maximum atomic E-state index is 5.78. The second-order valence-electron chi connectivity index (χ2n) is 5.03. The first-order chi connectivity index (χ1) is 8.99. The quantitative estimate of drug-likeness (QED) is 0.824. The highest BCUT2D eigenvalue weighted by molar-refractivity contribution is 5.63. The predicted molar refractivity (Wildman–Crippen MR) is 80.4 cm³/mol. The molecular formula is C15H26N2O2. The summed E-state index contributed by atoms with van der Waals surface area (Å²) in [5, 5.41) is 0. The summed E-state index contributed by atoms with van der Waals surface area (Å²) in [7, 11) is 5.45. The standard InChI is InChI=1S/C15H26N2O2/c1-11-9-15(19-5)13(10-14(11)18-4)17(3)8-6-7-12(2)16/h9-10,12H,6-8,16H2,1-5H3. The Labute approximate surface area is 116 Å². The number of hydrogen-bond donors (Lipinski definition) is 1. The third-order valence-electron chi connectivity index (χ3n) is 3.26. The number of aryl methyl sites for hydroxylation is 1. The minimum atomic E-state index is 0.253. The molecule has 0 saturated carbocycles. The second kappa shape index (κ2) is 7.24. The molecule has 0 saturated heterocycles. The third-order valence-corrected chi connectivity index (χ3v) is 3.26. The first-order valence-corrected chi connectivity index (χ1v) is 6.69. The van der Waals surface area contributed by atoms with Crippen LogP contribution >= 0.6 is 0 Å². The van der Waals surface area contributed by atoms with Crippen molar-refractivity contribution in [1.82, 2.24) is 0 Å². The van der Waals surface area contributed by atoms with Crippen LogP contribution < -0.4 is 20.1 Å². The summed E-state index contributed by atoms with van der Waals surface area (Å²) in [6, 6.07) is 4.29. The van der Waals surface area contributed by atoms with Gasteiger partial charge in [-0.25, -0.2) is 0 Å². The van der Waals surface area contributed by atoms with Gasteiger partial charge in [0.2, 0.25) is 0 Å². The van der Waals surface area contributed by atoms with Crippen molar-refractivity contribution in [2.45, 2.75) is 32.7 Å². The Bertz CT molecular complexity index is 405. The molecular weight excluding hydrogens is 240 g/mol. The van der Waals surface area contributed by atoms with E-state index in [1.807, 2.05) is 26.0 Å². The maximum absolute atomic E-state index is 5.78. The van der Waals surface area contributed by atoms with Gasteiger partial charge in [0.15, 0.2) is 0 Å². The van der Waals surface area contributed by atoms with Gasteiger partial charge in [0.1, 0.15) is 11.5 Å². The van der Waals surface area contributed by atoms with E-state index in [-0.39, 0.29) is 6.04 Å². The van der Waals surface area contributed by atoms with Gasteiger partial charge in [-0.15, -0.1) is 0 Å². The lowest BCUT2D eigenvalue weighted by atomic mass is 10.1. The molecule has 4 nitrogen and oxygen atoms in total. The van der Waals surface area contributed by atoms with Crippen LogP contribution in [-0.4, -0.2) is 33.9 Å². The SMILES string of the molecule is COc1cc(N(C)CCCC(C)N)c(OC)cc1C. The summed E-state index contributed by atoms with van der Waals surface area (Å²) in [4.78, 5) is 2.18. The van der Waals surface area contributed by atoms with Crippen molar-refractivity contribution < 1.29 is 9.47 Å². The van der Waals surface area contributed by atoms with E-state index in [4.69, 9.17) is 15.2 Å². The molecule has 0 spiro atoms. The van der Waals surface area contributed by atoms with E-state index in [0.29, 0.717) is 0 Å². The molecule has 0 aliphatic rings. The van der Waals surface area contributed by atoms with Gasteiger partial charge in [-0.3, -0.25) is 0 Å². The Morgan fingerprint density at radius 1 is 1.21 bits per heavy atom. The number of nitrogens with two attached hydrogens (primary N) is 1. The molecule has 19 heavy (non-hydrogen) atoms. The molecule has 1 aromatic carbocycles. The van der Waals surface area contributed by atoms with Gasteiger partial charge in [0, 0.05) is 25.7 Å². The fraction of sp³-hybridized carbons (Fsp3) is 0.600. The lowest BCUT2D eigenvalue weighted by Gasteiger charge is -2.23. The third kappa shape index (κ3) is 4.31. The molecule has 0 bridgehead atoms. The second-order valence-corrected chi connectivity index (χ2v) is 5.03. The van der Waals surface area contributed by atoms with Crippen molar-refractivity contribution in [2.24, 2.45) is 5.73 Å². The Morgan fingerprint density at radius 3 is 2.37 bits per heavy atom. The first kappa shape index (κ1) is 15.6. The summed E-state index contributed by atoms with van der Waals surface area (Å²) < 4.78 is 10.8. The zero-order chi connectivity index (χ0) is 14.4. The van der Waals surface area contributed by atoms with E-state index in [1.54, 1.807) is 14.2 Å². The molecule has 4 heteroatoms. The van der Waals surface area contributed by atoms with Crippen molar-refractivity contribution in [2.75, 3.05) is 32.7 Å². The van der Waals surface area contributed by atoms with Crippen LogP contribution in [0.25, 0.3) is 0 Å². The molecule has 2 N–H and O–H groups in total. The molecule has 0 aliphatic carbocycles. The highest BCUT2D eigenvalue weighted by Gasteiger charge is 2.12. The van der Waals surface area contributed by atoms with Crippen molar-refractivity contribution >= 4 is 5.69 Å². The van der Waals surface area contributed by atoms with Crippen LogP contribution in [0.5, 0.6) is 11.5 Å². The molecule has 1 rings (SSSR count). The van der Waals surface area contributed by atoms with Gasteiger partial charge in [0.05, 0.1) is 19.9 Å².